The summed E-state index contributed by atoms with van der Waals surface area (Å²) in [6.45, 7) is 6.92. The highest BCUT2D eigenvalue weighted by Crippen LogP contribution is 2.35. The van der Waals surface area contributed by atoms with E-state index >= 15 is 0 Å². The molecule has 0 aliphatic carbocycles. The Balaban J connectivity index is 1.17. The van der Waals surface area contributed by atoms with Crippen molar-refractivity contribution in [1.82, 2.24) is 0 Å². The number of epoxide rings is 4. The molecule has 4 aliphatic heterocycles. The van der Waals surface area contributed by atoms with Crippen molar-refractivity contribution in [3.8, 4) is 11.5 Å². The second-order valence-electron chi connectivity index (χ2n) is 8.70. The van der Waals surface area contributed by atoms with Crippen molar-refractivity contribution in [1.29, 1.82) is 0 Å². The molecule has 0 amide bonds. The summed E-state index contributed by atoms with van der Waals surface area (Å²) < 4.78 is 28.1. The Hall–Kier alpha value is -2.32. The maximum atomic E-state index is 6.32. The van der Waals surface area contributed by atoms with Crippen LogP contribution in [0.4, 0.5) is 11.4 Å². The van der Waals surface area contributed by atoms with Gasteiger partial charge in [0, 0.05) is 31.9 Å². The molecule has 4 aliphatic rings. The van der Waals surface area contributed by atoms with Crippen LogP contribution in [-0.2, 0) is 18.9 Å². The van der Waals surface area contributed by atoms with Crippen LogP contribution in [0.2, 0.25) is 0 Å². The van der Waals surface area contributed by atoms with Gasteiger partial charge >= 0.3 is 0 Å². The zero-order valence-electron chi connectivity index (χ0n) is 17.5. The minimum Gasteiger partial charge on any atom is -0.455 e. The minimum atomic E-state index is 0.308. The van der Waals surface area contributed by atoms with E-state index in [-0.39, 0.29) is 0 Å². The van der Waals surface area contributed by atoms with Crippen LogP contribution in [0.1, 0.15) is 0 Å². The number of ether oxygens (including phenoxy) is 5. The van der Waals surface area contributed by atoms with E-state index in [1.165, 1.54) is 5.69 Å². The van der Waals surface area contributed by atoms with Crippen LogP contribution in [0.25, 0.3) is 0 Å². The molecule has 4 heterocycles. The van der Waals surface area contributed by atoms with Crippen molar-refractivity contribution < 1.29 is 23.7 Å². The van der Waals surface area contributed by atoms with Gasteiger partial charge < -0.3 is 33.5 Å². The smallest absolute Gasteiger partial charge is 0.150 e. The van der Waals surface area contributed by atoms with E-state index in [0.29, 0.717) is 24.4 Å². The van der Waals surface area contributed by atoms with E-state index in [1.807, 2.05) is 24.3 Å². The Bertz CT molecular complexity index is 863. The average Bonchev–Trinajstić information content (AvgIpc) is 3.63. The molecule has 0 radical (unpaired) electrons. The first kappa shape index (κ1) is 19.4. The molecule has 0 aromatic heterocycles. The fourth-order valence-corrected chi connectivity index (χ4v) is 3.89. The number of anilines is 2. The lowest BCUT2D eigenvalue weighted by molar-refractivity contribution is 0.387. The van der Waals surface area contributed by atoms with Gasteiger partial charge in [0.1, 0.15) is 5.75 Å². The first-order valence-electron chi connectivity index (χ1n) is 11.1. The predicted molar refractivity (Wildman–Crippen MR) is 116 cm³/mol. The highest BCUT2D eigenvalue weighted by molar-refractivity contribution is 5.60. The summed E-state index contributed by atoms with van der Waals surface area (Å²) in [6.07, 6.45) is 1.31. The van der Waals surface area contributed by atoms with Crippen molar-refractivity contribution in [3.63, 3.8) is 0 Å². The number of rotatable bonds is 12. The van der Waals surface area contributed by atoms with Gasteiger partial charge in [0.25, 0.3) is 0 Å². The lowest BCUT2D eigenvalue weighted by Gasteiger charge is -2.26. The van der Waals surface area contributed by atoms with E-state index in [1.54, 1.807) is 0 Å². The maximum absolute atomic E-state index is 6.32. The highest BCUT2D eigenvalue weighted by Gasteiger charge is 2.32. The summed E-state index contributed by atoms with van der Waals surface area (Å²) in [7, 11) is 0. The summed E-state index contributed by atoms with van der Waals surface area (Å²) in [5.74, 6) is 1.68. The van der Waals surface area contributed by atoms with Crippen molar-refractivity contribution in [3.05, 3.63) is 48.5 Å². The summed E-state index contributed by atoms with van der Waals surface area (Å²) >= 11 is 0. The molecule has 0 bridgehead atoms. The van der Waals surface area contributed by atoms with E-state index < -0.39 is 0 Å². The van der Waals surface area contributed by atoms with E-state index in [0.717, 1.165) is 69.8 Å². The van der Waals surface area contributed by atoms with Crippen molar-refractivity contribution in [2.24, 2.45) is 0 Å². The maximum Gasteiger partial charge on any atom is 0.150 e. The molecule has 7 heteroatoms. The number of hydrogen-bond acceptors (Lipinski definition) is 7. The fourth-order valence-electron chi connectivity index (χ4n) is 3.89. The lowest BCUT2D eigenvalue weighted by Crippen LogP contribution is -2.31. The first-order valence-corrected chi connectivity index (χ1v) is 11.1. The summed E-state index contributed by atoms with van der Waals surface area (Å²) in [6, 6.07) is 16.5. The van der Waals surface area contributed by atoms with Gasteiger partial charge in [-0.15, -0.1) is 0 Å². The molecule has 4 saturated heterocycles. The molecule has 4 unspecified atom stereocenters. The average molecular weight is 424 g/mol. The molecule has 164 valence electrons. The van der Waals surface area contributed by atoms with Crippen LogP contribution in [0, 0.1) is 0 Å². The summed E-state index contributed by atoms with van der Waals surface area (Å²) in [5, 5.41) is 0. The largest absolute Gasteiger partial charge is 0.455 e. The predicted octanol–water partition coefficient (Wildman–Crippen LogP) is 2.69. The molecular weight excluding hydrogens is 396 g/mol. The van der Waals surface area contributed by atoms with Gasteiger partial charge in [0.05, 0.1) is 56.5 Å². The molecule has 0 spiro atoms. The Morgan fingerprint density at radius 2 is 1.13 bits per heavy atom. The van der Waals surface area contributed by atoms with Crippen LogP contribution in [-0.4, -0.2) is 77.0 Å². The normalized spacial score (nSPS) is 27.5. The summed E-state index contributed by atoms with van der Waals surface area (Å²) in [4.78, 5) is 4.67. The van der Waals surface area contributed by atoms with E-state index in [4.69, 9.17) is 23.7 Å². The molecule has 4 fully saturated rings. The molecular formula is C24H28N2O5. The highest BCUT2D eigenvalue weighted by atomic mass is 16.6. The molecule has 2 aromatic rings. The zero-order chi connectivity index (χ0) is 20.6. The quantitative estimate of drug-likeness (QED) is 0.486. The van der Waals surface area contributed by atoms with Crippen molar-refractivity contribution >= 4 is 11.4 Å². The molecule has 6 rings (SSSR count). The molecule has 0 saturated carbocycles. The molecule has 2 aromatic carbocycles. The monoisotopic (exact) mass is 424 g/mol. The third-order valence-electron chi connectivity index (χ3n) is 5.94. The van der Waals surface area contributed by atoms with Gasteiger partial charge in [-0.2, -0.15) is 0 Å². The minimum absolute atomic E-state index is 0.308. The van der Waals surface area contributed by atoms with Gasteiger partial charge in [-0.25, -0.2) is 0 Å². The van der Waals surface area contributed by atoms with Crippen LogP contribution >= 0.6 is 0 Å². The zero-order valence-corrected chi connectivity index (χ0v) is 17.5. The Morgan fingerprint density at radius 1 is 0.645 bits per heavy atom. The van der Waals surface area contributed by atoms with Crippen molar-refractivity contribution in [2.45, 2.75) is 24.4 Å². The second kappa shape index (κ2) is 8.31. The molecule has 0 N–H and O–H groups in total. The van der Waals surface area contributed by atoms with Gasteiger partial charge in [-0.05, 0) is 36.4 Å². The number of benzene rings is 2. The SMILES string of the molecule is c1ccc(N(CC2CO2)CC2CO2)c(Oc2ccc(N(CC3CO3)CC3CO3)cc2)c1. The Kier molecular flexibility index (Phi) is 5.20. The van der Waals surface area contributed by atoms with Crippen LogP contribution in [0.3, 0.4) is 0 Å². The van der Waals surface area contributed by atoms with Gasteiger partial charge in [-0.1, -0.05) is 12.1 Å². The number of para-hydroxylation sites is 2. The molecule has 7 nitrogen and oxygen atoms in total. The Morgan fingerprint density at radius 3 is 1.65 bits per heavy atom. The third-order valence-corrected chi connectivity index (χ3v) is 5.94. The van der Waals surface area contributed by atoms with Crippen LogP contribution < -0.4 is 14.5 Å². The Labute approximate surface area is 182 Å². The number of hydrogen-bond donors (Lipinski definition) is 0. The van der Waals surface area contributed by atoms with Gasteiger partial charge in [0.15, 0.2) is 5.75 Å². The van der Waals surface area contributed by atoms with Crippen LogP contribution in [0.15, 0.2) is 48.5 Å². The third kappa shape index (κ3) is 5.30. The fraction of sp³-hybridized carbons (Fsp3) is 0.500. The topological polar surface area (TPSA) is 65.8 Å². The van der Waals surface area contributed by atoms with Crippen molar-refractivity contribution in [2.75, 3.05) is 62.4 Å². The van der Waals surface area contributed by atoms with Crippen LogP contribution in [0.5, 0.6) is 11.5 Å². The molecule has 31 heavy (non-hydrogen) atoms. The lowest BCUT2D eigenvalue weighted by atomic mass is 10.2. The van der Waals surface area contributed by atoms with E-state index in [9.17, 15) is 0 Å². The second-order valence-corrected chi connectivity index (χ2v) is 8.70. The van der Waals surface area contributed by atoms with E-state index in [2.05, 4.69) is 34.1 Å². The number of nitrogens with zero attached hydrogens (tertiary/aromatic N) is 2. The van der Waals surface area contributed by atoms with Gasteiger partial charge in [-0.3, -0.25) is 0 Å². The standard InChI is InChI=1S/C24H28N2O5/c1-2-4-24(23(3-1)26(11-21-15-29-21)12-22-16-30-22)31-18-7-5-17(6-8-18)25(9-19-13-27-19)10-20-14-28-20/h1-8,19-22H,9-16H2. The molecule has 4 atom stereocenters. The van der Waals surface area contributed by atoms with Gasteiger partial charge in [0.2, 0.25) is 0 Å². The summed E-state index contributed by atoms with van der Waals surface area (Å²) in [5.41, 5.74) is 2.25. The first-order chi connectivity index (χ1) is 15.3.